The molecule has 0 bridgehead atoms. The zero-order chi connectivity index (χ0) is 14.0. The molecular formula is C10H19BF3KN2O2. The van der Waals surface area contributed by atoms with Crippen LogP contribution in [0, 0.1) is 0 Å². The Morgan fingerprint density at radius 3 is 2.47 bits per heavy atom. The van der Waals surface area contributed by atoms with E-state index < -0.39 is 25.1 Å². The molecule has 1 aliphatic heterocycles. The summed E-state index contributed by atoms with van der Waals surface area (Å²) in [5.41, 5.74) is -0.600. The van der Waals surface area contributed by atoms with E-state index in [0.717, 1.165) is 0 Å². The Labute approximate surface area is 154 Å². The molecule has 0 spiro atoms. The summed E-state index contributed by atoms with van der Waals surface area (Å²) in [5, 5.41) is 2.59. The maximum absolute atomic E-state index is 12.2. The summed E-state index contributed by atoms with van der Waals surface area (Å²) < 4.78 is 41.7. The molecule has 1 aliphatic rings. The van der Waals surface area contributed by atoms with Gasteiger partial charge in [0.25, 0.3) is 0 Å². The molecular weight excluding hydrogens is 287 g/mol. The summed E-state index contributed by atoms with van der Waals surface area (Å²) in [4.78, 5) is 12.7. The maximum Gasteiger partial charge on any atom is 1.00 e. The van der Waals surface area contributed by atoms with Gasteiger partial charge in [0, 0.05) is 12.6 Å². The number of carbonyl (C=O) groups excluding carboxylic acids is 1. The number of rotatable bonds is 3. The summed E-state index contributed by atoms with van der Waals surface area (Å²) in [6, 6.07) is -0.266. The van der Waals surface area contributed by atoms with E-state index in [1.165, 1.54) is 4.90 Å². The number of nitrogens with one attached hydrogen (secondary N) is 1. The number of alkyl carbamates (subject to hydrolysis) is 1. The topological polar surface area (TPSA) is 41.6 Å². The third-order valence-electron chi connectivity index (χ3n) is 2.46. The van der Waals surface area contributed by atoms with Crippen LogP contribution in [0.4, 0.5) is 17.7 Å². The van der Waals surface area contributed by atoms with Gasteiger partial charge in [-0.3, -0.25) is 0 Å². The summed E-state index contributed by atoms with van der Waals surface area (Å²) >= 11 is 0. The first-order valence-electron chi connectivity index (χ1n) is 5.98. The first-order valence-corrected chi connectivity index (χ1v) is 5.98. The van der Waals surface area contributed by atoms with Gasteiger partial charge in [0.15, 0.2) is 0 Å². The molecule has 0 radical (unpaired) electrons. The molecule has 0 aromatic rings. The third kappa shape index (κ3) is 9.30. The molecule has 9 heteroatoms. The van der Waals surface area contributed by atoms with Crippen molar-refractivity contribution in [2.24, 2.45) is 0 Å². The van der Waals surface area contributed by atoms with E-state index >= 15 is 0 Å². The van der Waals surface area contributed by atoms with Crippen LogP contribution in [0.15, 0.2) is 0 Å². The number of ether oxygens (including phenoxy) is 1. The van der Waals surface area contributed by atoms with Crippen LogP contribution in [0.25, 0.3) is 0 Å². The van der Waals surface area contributed by atoms with Crippen molar-refractivity contribution in [2.75, 3.05) is 19.5 Å². The first-order chi connectivity index (χ1) is 8.05. The van der Waals surface area contributed by atoms with Crippen LogP contribution in [-0.2, 0) is 4.74 Å². The van der Waals surface area contributed by atoms with E-state index in [1.807, 2.05) is 0 Å². The van der Waals surface area contributed by atoms with Gasteiger partial charge in [0.05, 0.1) is 0 Å². The maximum atomic E-state index is 12.2. The molecule has 1 rings (SSSR count). The number of amides is 1. The van der Waals surface area contributed by atoms with Gasteiger partial charge in [-0.05, 0) is 40.2 Å². The van der Waals surface area contributed by atoms with Crippen LogP contribution in [0.3, 0.4) is 0 Å². The number of hydrogen-bond acceptors (Lipinski definition) is 3. The third-order valence-corrected chi connectivity index (χ3v) is 2.46. The summed E-state index contributed by atoms with van der Waals surface area (Å²) in [5.74, 6) is 0. The van der Waals surface area contributed by atoms with Crippen molar-refractivity contribution < 1.29 is 73.9 Å². The Morgan fingerprint density at radius 2 is 2.00 bits per heavy atom. The van der Waals surface area contributed by atoms with Crippen molar-refractivity contribution in [2.45, 2.75) is 38.8 Å². The zero-order valence-corrected chi connectivity index (χ0v) is 15.0. The molecule has 0 aliphatic carbocycles. The number of carbonyl (C=O) groups is 1. The van der Waals surface area contributed by atoms with Crippen molar-refractivity contribution in [3.05, 3.63) is 0 Å². The van der Waals surface area contributed by atoms with Crippen molar-refractivity contribution in [3.63, 3.8) is 0 Å². The van der Waals surface area contributed by atoms with Gasteiger partial charge in [-0.25, -0.2) is 4.79 Å². The predicted octanol–water partition coefficient (Wildman–Crippen LogP) is -1.02. The standard InChI is InChI=1S/C10H19BF3N2O2.K/c1-10(2,3)18-9(17)15-8-4-5-16(6-8)7-11(12,13)14;/h8H,4-7H2,1-3H3,(H,15,17);/q-1;+1. The summed E-state index contributed by atoms with van der Waals surface area (Å²) in [6.45, 7) is 0.976. The molecule has 0 aromatic carbocycles. The van der Waals surface area contributed by atoms with E-state index in [1.54, 1.807) is 20.8 Å². The molecule has 1 fully saturated rings. The molecule has 1 amide bonds. The van der Waals surface area contributed by atoms with E-state index in [2.05, 4.69) is 5.32 Å². The SMILES string of the molecule is CC(C)(C)OC(=O)NC1CCN(C[B-](F)(F)F)C1.[K+]. The zero-order valence-electron chi connectivity index (χ0n) is 11.9. The van der Waals surface area contributed by atoms with Crippen molar-refractivity contribution in [1.82, 2.24) is 10.2 Å². The average molecular weight is 306 g/mol. The Kier molecular flexibility index (Phi) is 7.94. The Balaban J connectivity index is 0.00000324. The van der Waals surface area contributed by atoms with Crippen LogP contribution in [0.2, 0.25) is 0 Å². The van der Waals surface area contributed by atoms with Gasteiger partial charge in [-0.2, -0.15) is 0 Å². The summed E-state index contributed by atoms with van der Waals surface area (Å²) in [6.07, 6.45) is -0.926. The second-order valence-electron chi connectivity index (χ2n) is 5.60. The van der Waals surface area contributed by atoms with Gasteiger partial charge in [0.1, 0.15) is 5.60 Å². The van der Waals surface area contributed by atoms with Crippen LogP contribution < -0.4 is 56.7 Å². The van der Waals surface area contributed by atoms with Crippen LogP contribution in [0.1, 0.15) is 27.2 Å². The minimum atomic E-state index is -4.80. The molecule has 19 heavy (non-hydrogen) atoms. The van der Waals surface area contributed by atoms with Gasteiger partial charge < -0.3 is 27.9 Å². The molecule has 4 nitrogen and oxygen atoms in total. The molecule has 106 valence electrons. The second kappa shape index (κ2) is 7.65. The fourth-order valence-electron chi connectivity index (χ4n) is 1.88. The monoisotopic (exact) mass is 306 g/mol. The van der Waals surface area contributed by atoms with Gasteiger partial charge in [-0.15, -0.1) is 0 Å². The predicted molar refractivity (Wildman–Crippen MR) is 63.3 cm³/mol. The number of hydrogen-bond donors (Lipinski definition) is 1. The van der Waals surface area contributed by atoms with Crippen molar-refractivity contribution in [1.29, 1.82) is 0 Å². The van der Waals surface area contributed by atoms with Gasteiger partial charge in [-0.1, -0.05) is 0 Å². The van der Waals surface area contributed by atoms with Crippen molar-refractivity contribution in [3.8, 4) is 0 Å². The van der Waals surface area contributed by atoms with Gasteiger partial charge >= 0.3 is 64.5 Å². The van der Waals surface area contributed by atoms with E-state index in [0.29, 0.717) is 13.0 Å². The Morgan fingerprint density at radius 1 is 1.42 bits per heavy atom. The molecule has 1 unspecified atom stereocenters. The van der Waals surface area contributed by atoms with Crippen LogP contribution >= 0.6 is 0 Å². The van der Waals surface area contributed by atoms with Crippen LogP contribution in [-0.4, -0.2) is 49.1 Å². The fourth-order valence-corrected chi connectivity index (χ4v) is 1.88. The minimum absolute atomic E-state index is 0. The largest absolute Gasteiger partial charge is 1.00 e. The normalized spacial score (nSPS) is 20.8. The number of likely N-dealkylation sites (tertiary alicyclic amines) is 1. The van der Waals surface area contributed by atoms with E-state index in [4.69, 9.17) is 4.74 Å². The Bertz CT molecular complexity index is 310. The number of halogens is 3. The van der Waals surface area contributed by atoms with Gasteiger partial charge in [0.2, 0.25) is 0 Å². The molecule has 1 atom stereocenters. The molecule has 0 aromatic heterocycles. The van der Waals surface area contributed by atoms with E-state index in [-0.39, 0.29) is 64.0 Å². The molecule has 0 saturated carbocycles. The molecule has 1 saturated heterocycles. The fraction of sp³-hybridized carbons (Fsp3) is 0.900. The average Bonchev–Trinajstić information content (AvgIpc) is 2.44. The Hall–Kier alpha value is 0.721. The first kappa shape index (κ1) is 19.7. The van der Waals surface area contributed by atoms with Crippen LogP contribution in [0.5, 0.6) is 0 Å². The summed E-state index contributed by atoms with van der Waals surface area (Å²) in [7, 11) is 0. The van der Waals surface area contributed by atoms with E-state index in [9.17, 15) is 17.7 Å². The molecule has 1 N–H and O–H groups in total. The number of nitrogens with zero attached hydrogens (tertiary/aromatic N) is 1. The molecule has 1 heterocycles. The minimum Gasteiger partial charge on any atom is -0.448 e. The van der Waals surface area contributed by atoms with Crippen molar-refractivity contribution >= 4 is 13.1 Å². The smallest absolute Gasteiger partial charge is 0.448 e. The quantitative estimate of drug-likeness (QED) is 0.679. The second-order valence-corrected chi connectivity index (χ2v) is 5.60.